The largest absolute Gasteiger partial charge is 0.462 e. The van der Waals surface area contributed by atoms with Gasteiger partial charge < -0.3 is 4.74 Å². The SMILES string of the molecule is CCOC(=O)c1cc(C(=O)c2ccc(Br)cc2)n2cnc(-c3ccc(Cl)cc3)cc12. The third-order valence-electron chi connectivity index (χ3n) is 4.64. The van der Waals surface area contributed by atoms with Gasteiger partial charge in [0.25, 0.3) is 0 Å². The highest BCUT2D eigenvalue weighted by Gasteiger charge is 2.22. The molecule has 0 unspecified atom stereocenters. The molecule has 0 atom stereocenters. The second kappa shape index (κ2) is 8.42. The highest BCUT2D eigenvalue weighted by Crippen LogP contribution is 2.26. The first kappa shape index (κ1) is 20.3. The van der Waals surface area contributed by atoms with Crippen LogP contribution in [0.4, 0.5) is 0 Å². The van der Waals surface area contributed by atoms with E-state index in [1.54, 1.807) is 66.2 Å². The highest BCUT2D eigenvalue weighted by atomic mass is 79.9. The molecule has 150 valence electrons. The molecule has 0 N–H and O–H groups in total. The number of halogens is 2. The van der Waals surface area contributed by atoms with Gasteiger partial charge in [-0.2, -0.15) is 0 Å². The van der Waals surface area contributed by atoms with E-state index in [0.29, 0.717) is 33.1 Å². The minimum atomic E-state index is -0.488. The number of esters is 1. The Labute approximate surface area is 186 Å². The van der Waals surface area contributed by atoms with Gasteiger partial charge in [0.2, 0.25) is 5.78 Å². The maximum Gasteiger partial charge on any atom is 0.340 e. The number of ether oxygens (including phenoxy) is 1. The Kier molecular flexibility index (Phi) is 5.70. The Hall–Kier alpha value is -2.96. The van der Waals surface area contributed by atoms with Crippen molar-refractivity contribution in [3.8, 4) is 11.3 Å². The van der Waals surface area contributed by atoms with E-state index >= 15 is 0 Å². The number of nitrogens with zero attached hydrogens (tertiary/aromatic N) is 2. The third kappa shape index (κ3) is 3.88. The van der Waals surface area contributed by atoms with E-state index in [4.69, 9.17) is 16.3 Å². The quantitative estimate of drug-likeness (QED) is 0.265. The van der Waals surface area contributed by atoms with Gasteiger partial charge in [-0.25, -0.2) is 9.78 Å². The molecule has 2 aromatic heterocycles. The molecule has 2 heterocycles. The van der Waals surface area contributed by atoms with Crippen LogP contribution in [-0.2, 0) is 4.74 Å². The number of hydrogen-bond donors (Lipinski definition) is 0. The van der Waals surface area contributed by atoms with E-state index in [0.717, 1.165) is 10.0 Å². The van der Waals surface area contributed by atoms with Crippen LogP contribution >= 0.6 is 27.5 Å². The molecule has 2 aromatic carbocycles. The Bertz CT molecular complexity index is 1250. The second-order valence-electron chi connectivity index (χ2n) is 6.54. The molecular formula is C23H16BrClN2O3. The van der Waals surface area contributed by atoms with E-state index in [1.807, 2.05) is 12.1 Å². The average molecular weight is 484 g/mol. The molecule has 4 aromatic rings. The number of carbonyl (C=O) groups excluding carboxylic acids is 2. The Morgan fingerprint density at radius 1 is 1.07 bits per heavy atom. The summed E-state index contributed by atoms with van der Waals surface area (Å²) in [5.74, 6) is -0.702. The average Bonchev–Trinajstić information content (AvgIpc) is 3.13. The fraction of sp³-hybridized carbons (Fsp3) is 0.0870. The molecular weight excluding hydrogens is 468 g/mol. The van der Waals surface area contributed by atoms with Crippen molar-refractivity contribution in [1.82, 2.24) is 9.38 Å². The standard InChI is InChI=1S/C23H16BrClN2O3/c1-2-30-23(29)18-11-21(22(28)15-3-7-16(24)8-4-15)27-13-26-19(12-20(18)27)14-5-9-17(25)10-6-14/h3-13H,2H2,1H3. The van der Waals surface area contributed by atoms with Crippen molar-refractivity contribution < 1.29 is 14.3 Å². The molecule has 0 aliphatic heterocycles. The topological polar surface area (TPSA) is 60.7 Å². The van der Waals surface area contributed by atoms with Gasteiger partial charge in [-0.1, -0.05) is 39.7 Å². The van der Waals surface area contributed by atoms with E-state index in [-0.39, 0.29) is 12.4 Å². The summed E-state index contributed by atoms with van der Waals surface area (Å²) in [7, 11) is 0. The van der Waals surface area contributed by atoms with Crippen LogP contribution in [0.15, 0.2) is 71.5 Å². The van der Waals surface area contributed by atoms with Crippen LogP contribution in [0, 0.1) is 0 Å². The van der Waals surface area contributed by atoms with Crippen LogP contribution in [0.25, 0.3) is 16.8 Å². The summed E-state index contributed by atoms with van der Waals surface area (Å²) in [5, 5.41) is 0.622. The molecule has 0 fully saturated rings. The summed E-state index contributed by atoms with van der Waals surface area (Å²) in [6.45, 7) is 1.98. The Morgan fingerprint density at radius 2 is 1.77 bits per heavy atom. The van der Waals surface area contributed by atoms with Gasteiger partial charge in [-0.05, 0) is 55.5 Å². The van der Waals surface area contributed by atoms with Crippen molar-refractivity contribution in [2.45, 2.75) is 6.92 Å². The lowest BCUT2D eigenvalue weighted by Crippen LogP contribution is -2.05. The van der Waals surface area contributed by atoms with Gasteiger partial charge in [0.05, 0.1) is 29.1 Å². The fourth-order valence-corrected chi connectivity index (χ4v) is 3.56. The summed E-state index contributed by atoms with van der Waals surface area (Å²) in [4.78, 5) is 30.2. The number of ketones is 1. The van der Waals surface area contributed by atoms with Crippen LogP contribution in [0.2, 0.25) is 5.02 Å². The van der Waals surface area contributed by atoms with Gasteiger partial charge in [0.15, 0.2) is 0 Å². The number of fused-ring (bicyclic) bond motifs is 1. The monoisotopic (exact) mass is 482 g/mol. The van der Waals surface area contributed by atoms with E-state index in [1.165, 1.54) is 0 Å². The summed E-state index contributed by atoms with van der Waals surface area (Å²) in [6.07, 6.45) is 1.55. The van der Waals surface area contributed by atoms with Gasteiger partial charge in [0.1, 0.15) is 6.33 Å². The van der Waals surface area contributed by atoms with Crippen molar-refractivity contribution in [3.05, 3.63) is 93.3 Å². The second-order valence-corrected chi connectivity index (χ2v) is 7.89. The summed E-state index contributed by atoms with van der Waals surface area (Å²) < 4.78 is 7.70. The molecule has 7 heteroatoms. The highest BCUT2D eigenvalue weighted by molar-refractivity contribution is 9.10. The molecule has 0 aliphatic rings. The van der Waals surface area contributed by atoms with Crippen molar-refractivity contribution in [1.29, 1.82) is 0 Å². The molecule has 4 rings (SSSR count). The van der Waals surface area contributed by atoms with Crippen LogP contribution in [0.5, 0.6) is 0 Å². The van der Waals surface area contributed by atoms with Crippen LogP contribution < -0.4 is 0 Å². The van der Waals surface area contributed by atoms with Gasteiger partial charge in [-0.3, -0.25) is 9.20 Å². The molecule has 0 amide bonds. The predicted octanol–water partition coefficient (Wildman–Crippen LogP) is 5.82. The molecule has 0 spiro atoms. The number of hydrogen-bond acceptors (Lipinski definition) is 4. The zero-order chi connectivity index (χ0) is 21.3. The first-order valence-electron chi connectivity index (χ1n) is 9.22. The number of benzene rings is 2. The van der Waals surface area contributed by atoms with E-state index in [2.05, 4.69) is 20.9 Å². The predicted molar refractivity (Wildman–Crippen MR) is 119 cm³/mol. The van der Waals surface area contributed by atoms with Crippen molar-refractivity contribution >= 4 is 44.8 Å². The zero-order valence-electron chi connectivity index (χ0n) is 15.9. The zero-order valence-corrected chi connectivity index (χ0v) is 18.3. The van der Waals surface area contributed by atoms with Gasteiger partial charge in [0, 0.05) is 20.6 Å². The lowest BCUT2D eigenvalue weighted by Gasteiger charge is -2.06. The summed E-state index contributed by atoms with van der Waals surface area (Å²) >= 11 is 9.35. The first-order valence-corrected chi connectivity index (χ1v) is 10.4. The molecule has 5 nitrogen and oxygen atoms in total. The molecule has 0 saturated heterocycles. The maximum atomic E-state index is 13.1. The van der Waals surface area contributed by atoms with Crippen molar-refractivity contribution in [2.24, 2.45) is 0 Å². The van der Waals surface area contributed by atoms with Crippen LogP contribution in [-0.4, -0.2) is 27.7 Å². The number of aromatic nitrogens is 2. The van der Waals surface area contributed by atoms with Gasteiger partial charge in [-0.15, -0.1) is 0 Å². The Balaban J connectivity index is 1.87. The number of rotatable bonds is 5. The van der Waals surface area contributed by atoms with Crippen molar-refractivity contribution in [3.63, 3.8) is 0 Å². The molecule has 0 bridgehead atoms. The summed E-state index contributed by atoms with van der Waals surface area (Å²) in [5.41, 5.74) is 3.22. The minimum absolute atomic E-state index is 0.214. The maximum absolute atomic E-state index is 13.1. The molecule has 0 saturated carbocycles. The first-order chi connectivity index (χ1) is 14.5. The Morgan fingerprint density at radius 3 is 2.43 bits per heavy atom. The fourth-order valence-electron chi connectivity index (χ4n) is 3.17. The molecule has 0 aliphatic carbocycles. The normalized spacial score (nSPS) is 10.9. The lowest BCUT2D eigenvalue weighted by atomic mass is 10.1. The van der Waals surface area contributed by atoms with E-state index in [9.17, 15) is 9.59 Å². The number of carbonyl (C=O) groups is 2. The van der Waals surface area contributed by atoms with E-state index < -0.39 is 5.97 Å². The van der Waals surface area contributed by atoms with Crippen molar-refractivity contribution in [2.75, 3.05) is 6.61 Å². The molecule has 30 heavy (non-hydrogen) atoms. The smallest absolute Gasteiger partial charge is 0.340 e. The third-order valence-corrected chi connectivity index (χ3v) is 5.42. The minimum Gasteiger partial charge on any atom is -0.462 e. The molecule has 0 radical (unpaired) electrons. The van der Waals surface area contributed by atoms with Gasteiger partial charge >= 0.3 is 5.97 Å². The van der Waals surface area contributed by atoms with Crippen LogP contribution in [0.3, 0.4) is 0 Å². The van der Waals surface area contributed by atoms with Crippen LogP contribution in [0.1, 0.15) is 33.3 Å². The lowest BCUT2D eigenvalue weighted by molar-refractivity contribution is 0.0529. The summed E-state index contributed by atoms with van der Waals surface area (Å²) in [6, 6.07) is 17.6.